The summed E-state index contributed by atoms with van der Waals surface area (Å²) in [5.41, 5.74) is 0. The van der Waals surface area contributed by atoms with Crippen LogP contribution in [0.4, 0.5) is 0 Å². The highest BCUT2D eigenvalue weighted by atomic mass is 16.5. The van der Waals surface area contributed by atoms with Gasteiger partial charge in [0.25, 0.3) is 0 Å². The number of ether oxygens (including phenoxy) is 1. The van der Waals surface area contributed by atoms with Crippen molar-refractivity contribution < 1.29 is 9.53 Å². The van der Waals surface area contributed by atoms with Gasteiger partial charge in [-0.1, -0.05) is 51.7 Å². The van der Waals surface area contributed by atoms with Gasteiger partial charge >= 0.3 is 5.97 Å². The number of esters is 1. The zero-order valence-electron chi connectivity index (χ0n) is 12.2. The van der Waals surface area contributed by atoms with E-state index in [0.29, 0.717) is 13.0 Å². The van der Waals surface area contributed by atoms with E-state index in [4.69, 9.17) is 4.74 Å². The molecule has 0 fully saturated rings. The fraction of sp³-hybridized carbons (Fsp3) is 0.812. The first-order valence-corrected chi connectivity index (χ1v) is 7.61. The van der Waals surface area contributed by atoms with E-state index in [1.54, 1.807) is 0 Å². The van der Waals surface area contributed by atoms with E-state index in [-0.39, 0.29) is 5.97 Å². The second-order valence-corrected chi connectivity index (χ2v) is 4.79. The van der Waals surface area contributed by atoms with Crippen LogP contribution < -0.4 is 0 Å². The van der Waals surface area contributed by atoms with Gasteiger partial charge in [0.05, 0.1) is 6.61 Å². The SMILES string of the molecule is CCCCC=CCCCCCC(=O)OCCCC. The topological polar surface area (TPSA) is 26.3 Å². The van der Waals surface area contributed by atoms with Crippen LogP contribution in [0.5, 0.6) is 0 Å². The number of unbranched alkanes of at least 4 members (excludes halogenated alkanes) is 6. The highest BCUT2D eigenvalue weighted by Crippen LogP contribution is 2.06. The number of allylic oxidation sites excluding steroid dienone is 2. The van der Waals surface area contributed by atoms with E-state index < -0.39 is 0 Å². The first-order chi connectivity index (χ1) is 8.81. The maximum Gasteiger partial charge on any atom is 0.305 e. The monoisotopic (exact) mass is 254 g/mol. The average Bonchev–Trinajstić information content (AvgIpc) is 2.37. The second kappa shape index (κ2) is 14.3. The van der Waals surface area contributed by atoms with E-state index in [2.05, 4.69) is 26.0 Å². The van der Waals surface area contributed by atoms with Crippen LogP contribution in [0.3, 0.4) is 0 Å². The maximum absolute atomic E-state index is 11.3. The summed E-state index contributed by atoms with van der Waals surface area (Å²) in [6.45, 7) is 4.91. The zero-order valence-corrected chi connectivity index (χ0v) is 12.2. The van der Waals surface area contributed by atoms with Crippen LogP contribution >= 0.6 is 0 Å². The molecule has 0 aromatic rings. The van der Waals surface area contributed by atoms with Gasteiger partial charge in [-0.2, -0.15) is 0 Å². The summed E-state index contributed by atoms with van der Waals surface area (Å²) in [6, 6.07) is 0. The van der Waals surface area contributed by atoms with Crippen LogP contribution in [0.2, 0.25) is 0 Å². The summed E-state index contributed by atoms with van der Waals surface area (Å²) in [4.78, 5) is 11.3. The molecule has 0 aliphatic rings. The molecule has 0 saturated heterocycles. The van der Waals surface area contributed by atoms with E-state index in [1.165, 1.54) is 25.7 Å². The van der Waals surface area contributed by atoms with Gasteiger partial charge in [-0.3, -0.25) is 4.79 Å². The summed E-state index contributed by atoms with van der Waals surface area (Å²) in [5, 5.41) is 0. The zero-order chi connectivity index (χ0) is 13.5. The summed E-state index contributed by atoms with van der Waals surface area (Å²) >= 11 is 0. The molecule has 0 bridgehead atoms. The number of rotatable bonds is 12. The summed E-state index contributed by atoms with van der Waals surface area (Å²) in [6.07, 6.45) is 15.4. The van der Waals surface area contributed by atoms with Crippen molar-refractivity contribution in [3.63, 3.8) is 0 Å². The minimum atomic E-state index is -0.0260. The highest BCUT2D eigenvalue weighted by Gasteiger charge is 2.01. The normalized spacial score (nSPS) is 11.0. The molecular weight excluding hydrogens is 224 g/mol. The Morgan fingerprint density at radius 2 is 1.56 bits per heavy atom. The Balaban J connectivity index is 3.19. The van der Waals surface area contributed by atoms with Crippen LogP contribution in [0.25, 0.3) is 0 Å². The Bertz CT molecular complexity index is 209. The van der Waals surface area contributed by atoms with Crippen molar-refractivity contribution in [2.45, 2.75) is 78.1 Å². The minimum Gasteiger partial charge on any atom is -0.466 e. The lowest BCUT2D eigenvalue weighted by Gasteiger charge is -2.03. The fourth-order valence-electron chi connectivity index (χ4n) is 1.67. The molecule has 0 amide bonds. The third-order valence-electron chi connectivity index (χ3n) is 2.90. The molecule has 0 aromatic heterocycles. The molecular formula is C16H30O2. The molecule has 0 unspecified atom stereocenters. The molecule has 0 heterocycles. The number of carbonyl (C=O) groups excluding carboxylic acids is 1. The van der Waals surface area contributed by atoms with Crippen LogP contribution in [-0.2, 0) is 9.53 Å². The van der Waals surface area contributed by atoms with Gasteiger partial charge in [0.1, 0.15) is 0 Å². The van der Waals surface area contributed by atoms with Crippen LogP contribution in [0.15, 0.2) is 12.2 Å². The molecule has 0 atom stereocenters. The van der Waals surface area contributed by atoms with Crippen molar-refractivity contribution in [3.05, 3.63) is 12.2 Å². The predicted octanol–water partition coefficient (Wildman–Crippen LogP) is 5.03. The Labute approximate surface area is 113 Å². The summed E-state index contributed by atoms with van der Waals surface area (Å²) < 4.78 is 5.10. The van der Waals surface area contributed by atoms with E-state index in [0.717, 1.165) is 32.1 Å². The third-order valence-corrected chi connectivity index (χ3v) is 2.90. The molecule has 0 N–H and O–H groups in total. The van der Waals surface area contributed by atoms with Crippen molar-refractivity contribution in [1.82, 2.24) is 0 Å². The van der Waals surface area contributed by atoms with Gasteiger partial charge in [-0.05, 0) is 32.1 Å². The Kier molecular flexibility index (Phi) is 13.6. The fourth-order valence-corrected chi connectivity index (χ4v) is 1.67. The van der Waals surface area contributed by atoms with Crippen molar-refractivity contribution in [2.75, 3.05) is 6.61 Å². The molecule has 18 heavy (non-hydrogen) atoms. The lowest BCUT2D eigenvalue weighted by atomic mass is 10.1. The van der Waals surface area contributed by atoms with Crippen LogP contribution in [-0.4, -0.2) is 12.6 Å². The van der Waals surface area contributed by atoms with Crippen molar-refractivity contribution in [2.24, 2.45) is 0 Å². The van der Waals surface area contributed by atoms with Crippen molar-refractivity contribution >= 4 is 5.97 Å². The number of carbonyl (C=O) groups is 1. The van der Waals surface area contributed by atoms with Crippen LogP contribution in [0.1, 0.15) is 78.1 Å². The molecule has 0 saturated carbocycles. The summed E-state index contributed by atoms with van der Waals surface area (Å²) in [7, 11) is 0. The van der Waals surface area contributed by atoms with E-state index >= 15 is 0 Å². The third kappa shape index (κ3) is 13.3. The predicted molar refractivity (Wildman–Crippen MR) is 77.6 cm³/mol. The highest BCUT2D eigenvalue weighted by molar-refractivity contribution is 5.69. The molecule has 0 aromatic carbocycles. The lowest BCUT2D eigenvalue weighted by Crippen LogP contribution is -2.05. The number of hydrogen-bond donors (Lipinski definition) is 0. The molecule has 0 aliphatic heterocycles. The van der Waals surface area contributed by atoms with Gasteiger partial charge in [-0.25, -0.2) is 0 Å². The molecule has 0 radical (unpaired) electrons. The average molecular weight is 254 g/mol. The van der Waals surface area contributed by atoms with Gasteiger partial charge < -0.3 is 4.74 Å². The van der Waals surface area contributed by atoms with Gasteiger partial charge in [0, 0.05) is 6.42 Å². The van der Waals surface area contributed by atoms with E-state index in [9.17, 15) is 4.79 Å². The van der Waals surface area contributed by atoms with E-state index in [1.807, 2.05) is 0 Å². The molecule has 2 heteroatoms. The number of hydrogen-bond acceptors (Lipinski definition) is 2. The summed E-state index contributed by atoms with van der Waals surface area (Å²) in [5.74, 6) is -0.0260. The van der Waals surface area contributed by atoms with Gasteiger partial charge in [0.2, 0.25) is 0 Å². The maximum atomic E-state index is 11.3. The first kappa shape index (κ1) is 17.2. The van der Waals surface area contributed by atoms with Crippen molar-refractivity contribution in [3.8, 4) is 0 Å². The molecule has 0 rings (SSSR count). The molecule has 2 nitrogen and oxygen atoms in total. The molecule has 106 valence electrons. The largest absolute Gasteiger partial charge is 0.466 e. The van der Waals surface area contributed by atoms with Crippen molar-refractivity contribution in [1.29, 1.82) is 0 Å². The Morgan fingerprint density at radius 1 is 0.889 bits per heavy atom. The Hall–Kier alpha value is -0.790. The van der Waals surface area contributed by atoms with Gasteiger partial charge in [0.15, 0.2) is 0 Å². The quantitative estimate of drug-likeness (QED) is 0.277. The molecule has 0 aliphatic carbocycles. The lowest BCUT2D eigenvalue weighted by molar-refractivity contribution is -0.143. The Morgan fingerprint density at radius 3 is 2.22 bits per heavy atom. The standard InChI is InChI=1S/C16H30O2/c1-3-5-7-8-9-10-11-12-13-14-16(17)18-15-6-4-2/h8-9H,3-7,10-15H2,1-2H3. The smallest absolute Gasteiger partial charge is 0.305 e. The molecule has 0 spiro atoms. The van der Waals surface area contributed by atoms with Crippen LogP contribution in [0, 0.1) is 0 Å². The van der Waals surface area contributed by atoms with Gasteiger partial charge in [-0.15, -0.1) is 0 Å². The second-order valence-electron chi connectivity index (χ2n) is 4.79. The first-order valence-electron chi connectivity index (χ1n) is 7.61. The minimum absolute atomic E-state index is 0.0260.